The van der Waals surface area contributed by atoms with Crippen LogP contribution in [0, 0.1) is 12.7 Å². The Bertz CT molecular complexity index is 1060. The zero-order chi connectivity index (χ0) is 18.4. The van der Waals surface area contributed by atoms with E-state index in [1.165, 1.54) is 12.1 Å². The Kier molecular flexibility index (Phi) is 3.83. The zero-order valence-corrected chi connectivity index (χ0v) is 14.6. The smallest absolute Gasteiger partial charge is 0.340 e. The quantitative estimate of drug-likeness (QED) is 0.617. The third-order valence-corrected chi connectivity index (χ3v) is 4.79. The maximum absolute atomic E-state index is 13.8. The molecule has 5 nitrogen and oxygen atoms in total. The molecule has 1 aliphatic rings. The Hall–Kier alpha value is -3.02. The van der Waals surface area contributed by atoms with Gasteiger partial charge in [-0.1, -0.05) is 6.08 Å². The summed E-state index contributed by atoms with van der Waals surface area (Å²) in [5, 5.41) is 11.1. The van der Waals surface area contributed by atoms with Gasteiger partial charge in [0.25, 0.3) is 0 Å². The number of allylic oxidation sites excluding steroid dienone is 1. The molecule has 3 aromatic rings. The predicted molar refractivity (Wildman–Crippen MR) is 96.8 cm³/mol. The van der Waals surface area contributed by atoms with Crippen LogP contribution in [0.1, 0.15) is 46.2 Å². The van der Waals surface area contributed by atoms with E-state index >= 15 is 0 Å². The number of esters is 1. The minimum Gasteiger partial charge on any atom is -0.494 e. The summed E-state index contributed by atoms with van der Waals surface area (Å²) in [6.07, 6.45) is 3.42. The van der Waals surface area contributed by atoms with E-state index in [1.54, 1.807) is 13.0 Å². The second-order valence-corrected chi connectivity index (χ2v) is 6.39. The largest absolute Gasteiger partial charge is 0.494 e. The number of H-pyrrole nitrogens is 2. The highest BCUT2D eigenvalue weighted by Crippen LogP contribution is 2.41. The van der Waals surface area contributed by atoms with Gasteiger partial charge in [-0.3, -0.25) is 0 Å². The van der Waals surface area contributed by atoms with Crippen molar-refractivity contribution >= 4 is 22.4 Å². The fourth-order valence-corrected chi connectivity index (χ4v) is 3.75. The maximum Gasteiger partial charge on any atom is 0.340 e. The summed E-state index contributed by atoms with van der Waals surface area (Å²) in [6.45, 7) is 3.91. The monoisotopic (exact) mass is 354 g/mol. The molecule has 1 aliphatic carbocycles. The molecule has 0 unspecified atom stereocenters. The molecular weight excluding hydrogens is 335 g/mol. The van der Waals surface area contributed by atoms with Gasteiger partial charge in [-0.05, 0) is 50.5 Å². The van der Waals surface area contributed by atoms with Crippen LogP contribution in [0.5, 0.6) is 5.88 Å². The second-order valence-electron chi connectivity index (χ2n) is 6.39. The topological polar surface area (TPSA) is 78.1 Å². The van der Waals surface area contributed by atoms with Crippen molar-refractivity contribution in [2.45, 2.75) is 26.7 Å². The molecule has 0 aliphatic heterocycles. The van der Waals surface area contributed by atoms with Crippen LogP contribution in [0.15, 0.2) is 24.3 Å². The van der Waals surface area contributed by atoms with E-state index in [1.807, 2.05) is 13.0 Å². The van der Waals surface area contributed by atoms with Crippen LogP contribution in [0.4, 0.5) is 4.39 Å². The summed E-state index contributed by atoms with van der Waals surface area (Å²) in [5.74, 6) is -0.739. The number of aromatic nitrogens is 2. The lowest BCUT2D eigenvalue weighted by molar-refractivity contribution is 0.0524. The Morgan fingerprint density at radius 2 is 2.15 bits per heavy atom. The van der Waals surface area contributed by atoms with Gasteiger partial charge in [-0.25, -0.2) is 9.18 Å². The number of carbonyl (C=O) groups excluding carboxylic acids is 1. The summed E-state index contributed by atoms with van der Waals surface area (Å²) in [6, 6.07) is 4.35. The van der Waals surface area contributed by atoms with Crippen LogP contribution in [-0.2, 0) is 11.2 Å². The summed E-state index contributed by atoms with van der Waals surface area (Å²) >= 11 is 0. The van der Waals surface area contributed by atoms with Crippen molar-refractivity contribution in [3.05, 3.63) is 58.2 Å². The third kappa shape index (κ3) is 2.41. The minimum absolute atomic E-state index is 0.0189. The van der Waals surface area contributed by atoms with Crippen molar-refractivity contribution in [3.63, 3.8) is 0 Å². The Morgan fingerprint density at radius 1 is 1.35 bits per heavy atom. The number of fused-ring (bicyclic) bond motifs is 2. The fourth-order valence-electron chi connectivity index (χ4n) is 3.75. The lowest BCUT2D eigenvalue weighted by Crippen LogP contribution is -2.09. The molecule has 134 valence electrons. The molecule has 4 rings (SSSR count). The number of halogens is 1. The van der Waals surface area contributed by atoms with Crippen molar-refractivity contribution in [1.29, 1.82) is 0 Å². The standard InChI is InChI=1S/C20H19FN2O3/c1-3-26-20(25)16-10(2)22-18-12(16)5-4-6-13(18)17-14-9-11(21)7-8-15(14)23-19(17)24/h6-9,22-24H,3-5H2,1-2H3. The highest BCUT2D eigenvalue weighted by atomic mass is 19.1. The van der Waals surface area contributed by atoms with Gasteiger partial charge in [0, 0.05) is 22.2 Å². The van der Waals surface area contributed by atoms with E-state index in [9.17, 15) is 14.3 Å². The minimum atomic E-state index is -0.371. The van der Waals surface area contributed by atoms with Crippen LogP contribution in [-0.4, -0.2) is 27.7 Å². The van der Waals surface area contributed by atoms with Crippen molar-refractivity contribution in [2.24, 2.45) is 0 Å². The lowest BCUT2D eigenvalue weighted by atomic mass is 9.89. The first kappa shape index (κ1) is 16.4. The first-order valence-electron chi connectivity index (χ1n) is 8.61. The van der Waals surface area contributed by atoms with Crippen molar-refractivity contribution in [3.8, 4) is 5.88 Å². The lowest BCUT2D eigenvalue weighted by Gasteiger charge is -2.15. The van der Waals surface area contributed by atoms with Crippen LogP contribution < -0.4 is 0 Å². The van der Waals surface area contributed by atoms with E-state index in [-0.39, 0.29) is 17.7 Å². The molecular formula is C20H19FN2O3. The van der Waals surface area contributed by atoms with Gasteiger partial charge in [-0.15, -0.1) is 0 Å². The molecule has 0 radical (unpaired) electrons. The third-order valence-electron chi connectivity index (χ3n) is 4.79. The number of carbonyl (C=O) groups is 1. The first-order chi connectivity index (χ1) is 12.5. The molecule has 26 heavy (non-hydrogen) atoms. The number of hydrogen-bond donors (Lipinski definition) is 3. The van der Waals surface area contributed by atoms with Gasteiger partial charge >= 0.3 is 5.97 Å². The normalized spacial score (nSPS) is 13.6. The number of aryl methyl sites for hydroxylation is 1. The van der Waals surface area contributed by atoms with Crippen LogP contribution in [0.3, 0.4) is 0 Å². The summed E-state index contributed by atoms with van der Waals surface area (Å²) in [5.41, 5.74) is 4.89. The molecule has 0 saturated carbocycles. The van der Waals surface area contributed by atoms with Gasteiger partial charge in [0.1, 0.15) is 5.82 Å². The van der Waals surface area contributed by atoms with E-state index in [0.717, 1.165) is 22.5 Å². The number of hydrogen-bond acceptors (Lipinski definition) is 3. The molecule has 0 atom stereocenters. The number of rotatable bonds is 3. The van der Waals surface area contributed by atoms with Crippen molar-refractivity contribution < 1.29 is 19.0 Å². The summed E-state index contributed by atoms with van der Waals surface area (Å²) in [7, 11) is 0. The molecule has 2 heterocycles. The molecule has 3 N–H and O–H groups in total. The molecule has 2 aromatic heterocycles. The van der Waals surface area contributed by atoms with Crippen molar-refractivity contribution in [2.75, 3.05) is 6.61 Å². The number of aromatic amines is 2. The number of nitrogens with one attached hydrogen (secondary N) is 2. The van der Waals surface area contributed by atoms with Gasteiger partial charge in [0.15, 0.2) is 5.88 Å². The predicted octanol–water partition coefficient (Wildman–Crippen LogP) is 4.20. The fraction of sp³-hybridized carbons (Fsp3) is 0.250. The first-order valence-corrected chi connectivity index (χ1v) is 8.61. The van der Waals surface area contributed by atoms with E-state index in [2.05, 4.69) is 9.97 Å². The van der Waals surface area contributed by atoms with E-state index in [4.69, 9.17) is 4.74 Å². The van der Waals surface area contributed by atoms with Crippen LogP contribution >= 0.6 is 0 Å². The number of aromatic hydroxyl groups is 1. The average molecular weight is 354 g/mol. The Balaban J connectivity index is 1.91. The second kappa shape index (κ2) is 6.05. The van der Waals surface area contributed by atoms with Gasteiger partial charge < -0.3 is 19.8 Å². The molecule has 0 amide bonds. The van der Waals surface area contributed by atoms with Gasteiger partial charge in [-0.2, -0.15) is 0 Å². The molecule has 0 saturated heterocycles. The zero-order valence-electron chi connectivity index (χ0n) is 14.6. The SMILES string of the molecule is CCOC(=O)c1c(C)[nH]c2c1CCC=C2c1c(O)[nH]c2ccc(F)cc12. The molecule has 6 heteroatoms. The molecule has 0 spiro atoms. The molecule has 0 bridgehead atoms. The van der Waals surface area contributed by atoms with E-state index in [0.29, 0.717) is 41.5 Å². The Labute approximate surface area is 149 Å². The summed E-state index contributed by atoms with van der Waals surface area (Å²) in [4.78, 5) is 18.5. The van der Waals surface area contributed by atoms with Crippen molar-refractivity contribution in [1.82, 2.24) is 9.97 Å². The van der Waals surface area contributed by atoms with Crippen LogP contribution in [0.2, 0.25) is 0 Å². The van der Waals surface area contributed by atoms with E-state index < -0.39 is 0 Å². The van der Waals surface area contributed by atoms with Crippen LogP contribution in [0.25, 0.3) is 16.5 Å². The highest BCUT2D eigenvalue weighted by molar-refractivity contribution is 6.02. The maximum atomic E-state index is 13.8. The van der Waals surface area contributed by atoms with Gasteiger partial charge in [0.2, 0.25) is 0 Å². The summed E-state index contributed by atoms with van der Waals surface area (Å²) < 4.78 is 18.9. The average Bonchev–Trinajstić information content (AvgIpc) is 3.10. The Morgan fingerprint density at radius 3 is 2.92 bits per heavy atom. The number of ether oxygens (including phenoxy) is 1. The highest BCUT2D eigenvalue weighted by Gasteiger charge is 2.28. The molecule has 0 fully saturated rings. The molecule has 1 aromatic carbocycles. The van der Waals surface area contributed by atoms with Gasteiger partial charge in [0.05, 0.1) is 23.4 Å². The number of benzene rings is 1.